The van der Waals surface area contributed by atoms with Crippen molar-refractivity contribution in [2.45, 2.75) is 52.2 Å². The number of aliphatic hydroxyl groups is 1. The van der Waals surface area contributed by atoms with Crippen molar-refractivity contribution < 1.29 is 5.11 Å². The summed E-state index contributed by atoms with van der Waals surface area (Å²) >= 11 is 0. The zero-order valence-electron chi connectivity index (χ0n) is 13.8. The number of hydrogen-bond donors (Lipinski definition) is 2. The first-order chi connectivity index (χ1) is 10.5. The van der Waals surface area contributed by atoms with Crippen LogP contribution in [-0.4, -0.2) is 30.3 Å². The van der Waals surface area contributed by atoms with Crippen LogP contribution in [0.25, 0.3) is 0 Å². The molecule has 4 nitrogen and oxygen atoms in total. The second-order valence-corrected chi connectivity index (χ2v) is 6.47. The molecule has 1 aliphatic rings. The van der Waals surface area contributed by atoms with Crippen LogP contribution in [0.5, 0.6) is 0 Å². The lowest BCUT2D eigenvalue weighted by Gasteiger charge is -2.32. The predicted molar refractivity (Wildman–Crippen MR) is 91.2 cm³/mol. The van der Waals surface area contributed by atoms with Crippen LogP contribution in [0.3, 0.4) is 0 Å². The van der Waals surface area contributed by atoms with Crippen molar-refractivity contribution in [1.29, 1.82) is 5.26 Å². The van der Waals surface area contributed by atoms with E-state index in [0.717, 1.165) is 43.7 Å². The lowest BCUT2D eigenvalue weighted by Crippen LogP contribution is -2.36. The highest BCUT2D eigenvalue weighted by molar-refractivity contribution is 5.65. The van der Waals surface area contributed by atoms with E-state index in [9.17, 15) is 10.4 Å². The van der Waals surface area contributed by atoms with Crippen molar-refractivity contribution in [1.82, 2.24) is 0 Å². The minimum absolute atomic E-state index is 0.195. The molecule has 0 aliphatic carbocycles. The fourth-order valence-corrected chi connectivity index (χ4v) is 3.05. The summed E-state index contributed by atoms with van der Waals surface area (Å²) in [6.45, 7) is 8.22. The van der Waals surface area contributed by atoms with Gasteiger partial charge in [0, 0.05) is 24.8 Å². The second kappa shape index (κ2) is 7.51. The molecule has 1 atom stereocenters. The Kier molecular flexibility index (Phi) is 5.68. The van der Waals surface area contributed by atoms with Crippen molar-refractivity contribution in [2.75, 3.05) is 23.3 Å². The summed E-state index contributed by atoms with van der Waals surface area (Å²) in [6.07, 6.45) is 2.41. The van der Waals surface area contributed by atoms with Gasteiger partial charge in [0.2, 0.25) is 0 Å². The molecule has 1 saturated heterocycles. The monoisotopic (exact) mass is 301 g/mol. The van der Waals surface area contributed by atoms with Crippen LogP contribution < -0.4 is 10.2 Å². The Balaban J connectivity index is 2.16. The third-order valence-electron chi connectivity index (χ3n) is 4.52. The third-order valence-corrected chi connectivity index (χ3v) is 4.52. The Hall–Kier alpha value is -1.73. The van der Waals surface area contributed by atoms with Crippen LogP contribution in [0.1, 0.15) is 45.6 Å². The quantitative estimate of drug-likeness (QED) is 0.875. The smallest absolute Gasteiger partial charge is 0.101 e. The van der Waals surface area contributed by atoms with Crippen LogP contribution in [0.2, 0.25) is 0 Å². The molecule has 22 heavy (non-hydrogen) atoms. The van der Waals surface area contributed by atoms with E-state index in [1.165, 1.54) is 0 Å². The Morgan fingerprint density at radius 2 is 2.05 bits per heavy atom. The maximum Gasteiger partial charge on any atom is 0.101 e. The first-order valence-corrected chi connectivity index (χ1v) is 8.28. The number of nitrogens with zero attached hydrogens (tertiary/aromatic N) is 2. The zero-order valence-corrected chi connectivity index (χ0v) is 13.8. The Morgan fingerprint density at radius 3 is 2.59 bits per heavy atom. The van der Waals surface area contributed by atoms with Gasteiger partial charge in [-0.2, -0.15) is 5.26 Å². The van der Waals surface area contributed by atoms with Crippen molar-refractivity contribution in [2.24, 2.45) is 5.92 Å². The van der Waals surface area contributed by atoms with Gasteiger partial charge in [-0.15, -0.1) is 0 Å². The highest BCUT2D eigenvalue weighted by Gasteiger charge is 2.20. The van der Waals surface area contributed by atoms with Crippen LogP contribution in [0, 0.1) is 17.2 Å². The van der Waals surface area contributed by atoms with Crippen LogP contribution >= 0.6 is 0 Å². The molecule has 0 bridgehead atoms. The van der Waals surface area contributed by atoms with Crippen molar-refractivity contribution in [3.05, 3.63) is 23.8 Å². The second-order valence-electron chi connectivity index (χ2n) is 6.47. The van der Waals surface area contributed by atoms with E-state index >= 15 is 0 Å². The van der Waals surface area contributed by atoms with Gasteiger partial charge in [0.1, 0.15) is 6.07 Å². The molecular formula is C18H27N3O. The van der Waals surface area contributed by atoms with Gasteiger partial charge in [-0.1, -0.05) is 20.8 Å². The molecule has 1 aromatic carbocycles. The molecular weight excluding hydrogens is 274 g/mol. The minimum atomic E-state index is -0.195. The van der Waals surface area contributed by atoms with Crippen molar-refractivity contribution in [3.8, 4) is 6.07 Å². The number of rotatable bonds is 5. The Labute approximate surface area is 133 Å². The maximum atomic E-state index is 9.62. The molecule has 1 fully saturated rings. The van der Waals surface area contributed by atoms with Gasteiger partial charge in [-0.25, -0.2) is 0 Å². The lowest BCUT2D eigenvalue weighted by atomic mass is 10.0. The zero-order chi connectivity index (χ0) is 16.1. The standard InChI is InChI=1S/C18H27N3O/c1-4-17(13(2)3)20-15-5-6-18(14(11-15)12-19)21-9-7-16(22)8-10-21/h5-6,11,13,16-17,20,22H,4,7-10H2,1-3H3. The number of nitrogens with one attached hydrogen (secondary N) is 1. The summed E-state index contributed by atoms with van der Waals surface area (Å²) in [5, 5.41) is 22.6. The van der Waals surface area contributed by atoms with Crippen molar-refractivity contribution >= 4 is 11.4 Å². The van der Waals surface area contributed by atoms with Crippen LogP contribution in [0.4, 0.5) is 11.4 Å². The molecule has 1 aliphatic heterocycles. The van der Waals surface area contributed by atoms with Crippen molar-refractivity contribution in [3.63, 3.8) is 0 Å². The highest BCUT2D eigenvalue weighted by Crippen LogP contribution is 2.27. The Bertz CT molecular complexity index is 528. The molecule has 0 spiro atoms. The third kappa shape index (κ3) is 3.92. The van der Waals surface area contributed by atoms with Crippen LogP contribution in [-0.2, 0) is 0 Å². The molecule has 2 rings (SSSR count). The maximum absolute atomic E-state index is 9.62. The minimum Gasteiger partial charge on any atom is -0.393 e. The molecule has 0 aromatic heterocycles. The first kappa shape index (κ1) is 16.6. The van der Waals surface area contributed by atoms with Gasteiger partial charge in [0.05, 0.1) is 17.4 Å². The molecule has 0 saturated carbocycles. The molecule has 2 N–H and O–H groups in total. The summed E-state index contributed by atoms with van der Waals surface area (Å²) in [5.74, 6) is 0.554. The van der Waals surface area contributed by atoms with E-state index in [4.69, 9.17) is 0 Å². The summed E-state index contributed by atoms with van der Waals surface area (Å²) in [7, 11) is 0. The SMILES string of the molecule is CCC(Nc1ccc(N2CCC(O)CC2)c(C#N)c1)C(C)C. The fraction of sp³-hybridized carbons (Fsp3) is 0.611. The normalized spacial score (nSPS) is 17.4. The van der Waals surface area contributed by atoms with Gasteiger partial charge in [-0.3, -0.25) is 0 Å². The molecule has 120 valence electrons. The van der Waals surface area contributed by atoms with E-state index in [0.29, 0.717) is 17.5 Å². The topological polar surface area (TPSA) is 59.3 Å². The van der Waals surface area contributed by atoms with E-state index < -0.39 is 0 Å². The van der Waals surface area contributed by atoms with Gasteiger partial charge in [0.15, 0.2) is 0 Å². The summed E-state index contributed by atoms with van der Waals surface area (Å²) in [5.41, 5.74) is 2.70. The molecule has 4 heteroatoms. The molecule has 1 heterocycles. The van der Waals surface area contributed by atoms with Gasteiger partial charge >= 0.3 is 0 Å². The number of anilines is 2. The predicted octanol–water partition coefficient (Wildman–Crippen LogP) is 3.37. The Morgan fingerprint density at radius 1 is 1.36 bits per heavy atom. The number of aliphatic hydroxyl groups excluding tert-OH is 1. The highest BCUT2D eigenvalue weighted by atomic mass is 16.3. The molecule has 0 radical (unpaired) electrons. The van der Waals surface area contributed by atoms with E-state index in [-0.39, 0.29) is 6.10 Å². The van der Waals surface area contributed by atoms with E-state index in [2.05, 4.69) is 43.1 Å². The van der Waals surface area contributed by atoms with Crippen LogP contribution in [0.15, 0.2) is 18.2 Å². The first-order valence-electron chi connectivity index (χ1n) is 8.28. The van der Waals surface area contributed by atoms with Gasteiger partial charge in [0.25, 0.3) is 0 Å². The summed E-state index contributed by atoms with van der Waals surface area (Å²) < 4.78 is 0. The summed E-state index contributed by atoms with van der Waals surface area (Å²) in [4.78, 5) is 2.20. The average molecular weight is 301 g/mol. The van der Waals surface area contributed by atoms with E-state index in [1.807, 2.05) is 12.1 Å². The number of hydrogen-bond acceptors (Lipinski definition) is 4. The molecule has 1 aromatic rings. The van der Waals surface area contributed by atoms with E-state index in [1.54, 1.807) is 0 Å². The molecule has 0 amide bonds. The molecule has 1 unspecified atom stereocenters. The number of piperidine rings is 1. The number of nitriles is 1. The number of benzene rings is 1. The van der Waals surface area contributed by atoms with Gasteiger partial charge < -0.3 is 15.3 Å². The fourth-order valence-electron chi connectivity index (χ4n) is 3.05. The largest absolute Gasteiger partial charge is 0.393 e. The average Bonchev–Trinajstić information content (AvgIpc) is 2.53. The lowest BCUT2D eigenvalue weighted by molar-refractivity contribution is 0.145. The van der Waals surface area contributed by atoms with Gasteiger partial charge in [-0.05, 0) is 43.4 Å². The summed E-state index contributed by atoms with van der Waals surface area (Å²) in [6, 6.07) is 8.78.